The van der Waals surface area contributed by atoms with E-state index in [2.05, 4.69) is 18.6 Å². The van der Waals surface area contributed by atoms with Crippen molar-refractivity contribution in [3.63, 3.8) is 0 Å². The predicted molar refractivity (Wildman–Crippen MR) is 77.6 cm³/mol. The molecule has 0 amide bonds. The van der Waals surface area contributed by atoms with Gasteiger partial charge in [-0.15, -0.1) is 11.3 Å². The molecule has 7 heteroatoms. The van der Waals surface area contributed by atoms with Gasteiger partial charge in [0.2, 0.25) is 10.0 Å². The standard InChI is InChI=1S/C13H19NO4S2/c1-8-3-4-10(5-9(8)2)14-20(17,18)11-6-12(13(15)16)19-7-11/h6-10,14H,3-5H2,1-2H3,(H,15,16). The smallest absolute Gasteiger partial charge is 0.345 e. The summed E-state index contributed by atoms with van der Waals surface area (Å²) in [6.07, 6.45) is 2.68. The lowest BCUT2D eigenvalue weighted by Crippen LogP contribution is -2.39. The second-order valence-corrected chi connectivity index (χ2v) is 8.16. The van der Waals surface area contributed by atoms with Crippen LogP contribution in [0.4, 0.5) is 0 Å². The van der Waals surface area contributed by atoms with Crippen LogP contribution >= 0.6 is 11.3 Å². The van der Waals surface area contributed by atoms with Crippen molar-refractivity contribution in [1.29, 1.82) is 0 Å². The number of rotatable bonds is 4. The van der Waals surface area contributed by atoms with Crippen molar-refractivity contribution in [2.24, 2.45) is 11.8 Å². The lowest BCUT2D eigenvalue weighted by Gasteiger charge is -2.32. The fraction of sp³-hybridized carbons (Fsp3) is 0.615. The third kappa shape index (κ3) is 3.39. The van der Waals surface area contributed by atoms with E-state index in [1.807, 2.05) is 0 Å². The van der Waals surface area contributed by atoms with Crippen molar-refractivity contribution in [2.75, 3.05) is 0 Å². The zero-order valence-electron chi connectivity index (χ0n) is 11.5. The molecule has 0 radical (unpaired) electrons. The zero-order chi connectivity index (χ0) is 14.9. The Hall–Kier alpha value is -0.920. The number of nitrogens with one attached hydrogen (secondary N) is 1. The highest BCUT2D eigenvalue weighted by Gasteiger charge is 2.28. The number of hydrogen-bond donors (Lipinski definition) is 2. The van der Waals surface area contributed by atoms with E-state index in [-0.39, 0.29) is 15.8 Å². The lowest BCUT2D eigenvalue weighted by molar-refractivity contribution is 0.0702. The number of carbonyl (C=O) groups is 1. The van der Waals surface area contributed by atoms with Gasteiger partial charge in [0.1, 0.15) is 4.88 Å². The van der Waals surface area contributed by atoms with E-state index in [1.54, 1.807) is 0 Å². The van der Waals surface area contributed by atoms with E-state index in [0.717, 1.165) is 30.6 Å². The Balaban J connectivity index is 2.09. The molecule has 0 spiro atoms. The number of hydrogen-bond acceptors (Lipinski definition) is 4. The minimum atomic E-state index is -3.62. The molecular weight excluding hydrogens is 298 g/mol. The molecule has 0 saturated heterocycles. The molecule has 1 fully saturated rings. The SMILES string of the molecule is CC1CCC(NS(=O)(=O)c2csc(C(=O)O)c2)CC1C. The Labute approximate surface area is 123 Å². The van der Waals surface area contributed by atoms with Crippen LogP contribution in [0, 0.1) is 11.8 Å². The number of carboxylic acid groups (broad SMARTS) is 1. The highest BCUT2D eigenvalue weighted by atomic mass is 32.2. The summed E-state index contributed by atoms with van der Waals surface area (Å²) >= 11 is 0.929. The topological polar surface area (TPSA) is 83.5 Å². The quantitative estimate of drug-likeness (QED) is 0.894. The molecule has 1 aliphatic carbocycles. The summed E-state index contributed by atoms with van der Waals surface area (Å²) in [5.74, 6) is 0.0144. The van der Waals surface area contributed by atoms with Crippen molar-refractivity contribution in [3.05, 3.63) is 16.3 Å². The Bertz CT molecular complexity index is 593. The molecule has 5 nitrogen and oxygen atoms in total. The van der Waals surface area contributed by atoms with E-state index >= 15 is 0 Å². The van der Waals surface area contributed by atoms with Crippen molar-refractivity contribution < 1.29 is 18.3 Å². The van der Waals surface area contributed by atoms with Crippen LogP contribution in [0.15, 0.2) is 16.3 Å². The zero-order valence-corrected chi connectivity index (χ0v) is 13.1. The van der Waals surface area contributed by atoms with Gasteiger partial charge in [0.05, 0.1) is 4.90 Å². The van der Waals surface area contributed by atoms with Crippen LogP contribution in [0.1, 0.15) is 42.8 Å². The first-order valence-electron chi connectivity index (χ1n) is 6.63. The molecule has 0 aromatic carbocycles. The summed E-state index contributed by atoms with van der Waals surface area (Å²) in [4.78, 5) is 10.9. The Kier molecular flexibility index (Phi) is 4.51. The van der Waals surface area contributed by atoms with Gasteiger partial charge in [-0.25, -0.2) is 17.9 Å². The van der Waals surface area contributed by atoms with E-state index in [0.29, 0.717) is 11.8 Å². The Morgan fingerprint density at radius 3 is 2.60 bits per heavy atom. The van der Waals surface area contributed by atoms with Crippen molar-refractivity contribution in [1.82, 2.24) is 4.72 Å². The minimum Gasteiger partial charge on any atom is -0.477 e. The van der Waals surface area contributed by atoms with Gasteiger partial charge in [-0.05, 0) is 37.2 Å². The molecule has 1 saturated carbocycles. The van der Waals surface area contributed by atoms with E-state index in [1.165, 1.54) is 11.4 Å². The predicted octanol–water partition coefficient (Wildman–Crippen LogP) is 2.55. The van der Waals surface area contributed by atoms with Gasteiger partial charge in [0, 0.05) is 11.4 Å². The second kappa shape index (κ2) is 5.83. The maximum Gasteiger partial charge on any atom is 0.345 e. The van der Waals surface area contributed by atoms with Crippen LogP contribution in [0.3, 0.4) is 0 Å². The molecule has 1 heterocycles. The molecular formula is C13H19NO4S2. The van der Waals surface area contributed by atoms with Crippen molar-refractivity contribution in [2.45, 2.75) is 44.0 Å². The highest BCUT2D eigenvalue weighted by Crippen LogP contribution is 2.30. The number of carboxylic acids is 1. The molecule has 1 aromatic heterocycles. The van der Waals surface area contributed by atoms with Gasteiger partial charge in [0.15, 0.2) is 0 Å². The number of aromatic carboxylic acids is 1. The monoisotopic (exact) mass is 317 g/mol. The molecule has 3 atom stereocenters. The summed E-state index contributed by atoms with van der Waals surface area (Å²) in [6.45, 7) is 4.33. The molecule has 3 unspecified atom stereocenters. The van der Waals surface area contributed by atoms with Crippen LogP contribution in [0.2, 0.25) is 0 Å². The molecule has 1 aliphatic rings. The Morgan fingerprint density at radius 2 is 2.05 bits per heavy atom. The van der Waals surface area contributed by atoms with E-state index in [4.69, 9.17) is 5.11 Å². The van der Waals surface area contributed by atoms with E-state index in [9.17, 15) is 13.2 Å². The average molecular weight is 317 g/mol. The second-order valence-electron chi connectivity index (χ2n) is 5.54. The maximum absolute atomic E-state index is 12.2. The normalized spacial score (nSPS) is 27.4. The van der Waals surface area contributed by atoms with Gasteiger partial charge in [-0.1, -0.05) is 13.8 Å². The first-order valence-corrected chi connectivity index (χ1v) is 9.00. The molecule has 0 bridgehead atoms. The Morgan fingerprint density at radius 1 is 1.35 bits per heavy atom. The average Bonchev–Trinajstić information content (AvgIpc) is 2.84. The molecule has 0 aliphatic heterocycles. The summed E-state index contributed by atoms with van der Waals surface area (Å²) < 4.78 is 27.2. The maximum atomic E-state index is 12.2. The molecule has 112 valence electrons. The molecule has 2 rings (SSSR count). The van der Waals surface area contributed by atoms with E-state index < -0.39 is 16.0 Å². The highest BCUT2D eigenvalue weighted by molar-refractivity contribution is 7.89. The number of sulfonamides is 1. The first-order chi connectivity index (χ1) is 9.29. The molecule has 2 N–H and O–H groups in total. The van der Waals surface area contributed by atoms with Crippen LogP contribution < -0.4 is 4.72 Å². The third-order valence-corrected chi connectivity index (χ3v) is 6.58. The fourth-order valence-corrected chi connectivity index (χ4v) is 4.91. The summed E-state index contributed by atoms with van der Waals surface area (Å²) in [7, 11) is -3.62. The fourth-order valence-electron chi connectivity index (χ4n) is 2.51. The largest absolute Gasteiger partial charge is 0.477 e. The molecule has 1 aromatic rings. The third-order valence-electron chi connectivity index (χ3n) is 4.02. The van der Waals surface area contributed by atoms with Crippen LogP contribution in [0.5, 0.6) is 0 Å². The summed E-state index contributed by atoms with van der Waals surface area (Å²) in [5, 5.41) is 10.2. The lowest BCUT2D eigenvalue weighted by atomic mass is 9.79. The van der Waals surface area contributed by atoms with Gasteiger partial charge < -0.3 is 5.11 Å². The summed E-state index contributed by atoms with van der Waals surface area (Å²) in [5.41, 5.74) is 0. The van der Waals surface area contributed by atoms with Crippen LogP contribution in [-0.2, 0) is 10.0 Å². The number of thiophene rings is 1. The van der Waals surface area contributed by atoms with Gasteiger partial charge >= 0.3 is 5.97 Å². The van der Waals surface area contributed by atoms with Gasteiger partial charge in [-0.2, -0.15) is 0 Å². The van der Waals surface area contributed by atoms with Crippen LogP contribution in [0.25, 0.3) is 0 Å². The first kappa shape index (κ1) is 15.5. The van der Waals surface area contributed by atoms with Crippen molar-refractivity contribution >= 4 is 27.3 Å². The van der Waals surface area contributed by atoms with Crippen molar-refractivity contribution in [3.8, 4) is 0 Å². The minimum absolute atomic E-state index is 0.0380. The van der Waals surface area contributed by atoms with Gasteiger partial charge in [-0.3, -0.25) is 0 Å². The summed E-state index contributed by atoms with van der Waals surface area (Å²) in [6, 6.07) is 1.16. The van der Waals surface area contributed by atoms with Crippen LogP contribution in [-0.4, -0.2) is 25.5 Å². The van der Waals surface area contributed by atoms with Gasteiger partial charge in [0.25, 0.3) is 0 Å². The molecule has 20 heavy (non-hydrogen) atoms.